The summed E-state index contributed by atoms with van der Waals surface area (Å²) < 4.78 is 12.9. The number of aromatic nitrogens is 4. The van der Waals surface area contributed by atoms with Crippen LogP contribution in [0.15, 0.2) is 53.2 Å². The highest BCUT2D eigenvalue weighted by molar-refractivity contribution is 5.99. The van der Waals surface area contributed by atoms with E-state index in [0.29, 0.717) is 41.1 Å². The molecule has 0 bridgehead atoms. The predicted molar refractivity (Wildman–Crippen MR) is 154 cm³/mol. The van der Waals surface area contributed by atoms with Gasteiger partial charge < -0.3 is 19.5 Å². The Hall–Kier alpha value is -4.36. The maximum atomic E-state index is 12.4. The van der Waals surface area contributed by atoms with E-state index in [-0.39, 0.29) is 5.41 Å². The molecule has 1 fully saturated rings. The molecule has 4 aromatic rings. The Labute approximate surface area is 234 Å². The first-order chi connectivity index (χ1) is 19.3. The minimum absolute atomic E-state index is 0.192. The zero-order valence-corrected chi connectivity index (χ0v) is 23.2. The van der Waals surface area contributed by atoms with E-state index in [1.54, 1.807) is 28.9 Å². The molecule has 2 N–H and O–H groups in total. The molecular formula is C30H35N7O3. The van der Waals surface area contributed by atoms with Gasteiger partial charge >= 0.3 is 6.03 Å². The van der Waals surface area contributed by atoms with Gasteiger partial charge in [0.25, 0.3) is 0 Å². The number of carbonyl (C=O) groups excluding carboxylic acids is 1. The molecule has 1 aliphatic heterocycles. The third-order valence-corrected chi connectivity index (χ3v) is 6.62. The van der Waals surface area contributed by atoms with Gasteiger partial charge in [-0.05, 0) is 68.6 Å². The number of likely N-dealkylation sites (tertiary alicyclic amines) is 1. The second-order valence-electron chi connectivity index (χ2n) is 10.9. The molecule has 3 aromatic heterocycles. The SMILES string of the molecule is CC(C)(C)c1cc(NC(=O)Nc2ccc(C#Cc3cnc4ccc(OCCCN5CCCCC5)nn34)cc2)no1. The van der Waals surface area contributed by atoms with E-state index in [0.717, 1.165) is 18.5 Å². The third-order valence-electron chi connectivity index (χ3n) is 6.62. The van der Waals surface area contributed by atoms with Crippen molar-refractivity contribution in [3.63, 3.8) is 0 Å². The molecule has 4 heterocycles. The van der Waals surface area contributed by atoms with Crippen LogP contribution in [0.1, 0.15) is 63.5 Å². The highest BCUT2D eigenvalue weighted by atomic mass is 16.5. The zero-order valence-electron chi connectivity index (χ0n) is 23.2. The van der Waals surface area contributed by atoms with E-state index in [9.17, 15) is 4.79 Å². The number of hydrogen-bond donors (Lipinski definition) is 2. The maximum absolute atomic E-state index is 12.4. The van der Waals surface area contributed by atoms with Crippen LogP contribution in [0.4, 0.5) is 16.3 Å². The van der Waals surface area contributed by atoms with Crippen LogP contribution in [0.25, 0.3) is 5.65 Å². The zero-order chi connectivity index (χ0) is 28.0. The highest BCUT2D eigenvalue weighted by Crippen LogP contribution is 2.24. The number of ether oxygens (including phenoxy) is 1. The van der Waals surface area contributed by atoms with Gasteiger partial charge in [-0.3, -0.25) is 5.32 Å². The lowest BCUT2D eigenvalue weighted by Crippen LogP contribution is -2.31. The second kappa shape index (κ2) is 12.2. The molecule has 0 spiro atoms. The van der Waals surface area contributed by atoms with Crippen molar-refractivity contribution in [1.29, 1.82) is 0 Å². The van der Waals surface area contributed by atoms with Crippen LogP contribution in [0.3, 0.4) is 0 Å². The van der Waals surface area contributed by atoms with Crippen LogP contribution < -0.4 is 15.4 Å². The minimum Gasteiger partial charge on any atom is -0.477 e. The number of benzene rings is 1. The summed E-state index contributed by atoms with van der Waals surface area (Å²) in [5, 5.41) is 13.9. The van der Waals surface area contributed by atoms with Crippen molar-refractivity contribution in [2.24, 2.45) is 0 Å². The first kappa shape index (κ1) is 27.2. The summed E-state index contributed by atoms with van der Waals surface area (Å²) in [5.41, 5.74) is 2.59. The molecule has 10 heteroatoms. The summed E-state index contributed by atoms with van der Waals surface area (Å²) in [6.45, 7) is 10.1. The Balaban J connectivity index is 1.15. The molecule has 1 aromatic carbocycles. The number of urea groups is 1. The average molecular weight is 542 g/mol. The van der Waals surface area contributed by atoms with E-state index in [2.05, 4.69) is 42.6 Å². The number of piperidine rings is 1. The lowest BCUT2D eigenvalue weighted by atomic mass is 9.93. The molecule has 1 aliphatic rings. The Morgan fingerprint density at radius 2 is 1.85 bits per heavy atom. The highest BCUT2D eigenvalue weighted by Gasteiger charge is 2.20. The van der Waals surface area contributed by atoms with Crippen LogP contribution in [0.5, 0.6) is 5.88 Å². The van der Waals surface area contributed by atoms with Crippen LogP contribution in [0, 0.1) is 11.8 Å². The van der Waals surface area contributed by atoms with Crippen molar-refractivity contribution in [2.75, 3.05) is 36.9 Å². The van der Waals surface area contributed by atoms with Crippen LogP contribution >= 0.6 is 0 Å². The monoisotopic (exact) mass is 541 g/mol. The smallest absolute Gasteiger partial charge is 0.324 e. The van der Waals surface area contributed by atoms with Crippen molar-refractivity contribution in [1.82, 2.24) is 24.7 Å². The van der Waals surface area contributed by atoms with E-state index in [1.807, 2.05) is 45.0 Å². The molecule has 0 atom stereocenters. The van der Waals surface area contributed by atoms with Crippen molar-refractivity contribution in [3.05, 3.63) is 65.7 Å². The van der Waals surface area contributed by atoms with E-state index < -0.39 is 6.03 Å². The Kier molecular flexibility index (Phi) is 8.31. The van der Waals surface area contributed by atoms with Gasteiger partial charge in [-0.25, -0.2) is 14.3 Å². The second-order valence-corrected chi connectivity index (χ2v) is 10.9. The van der Waals surface area contributed by atoms with Crippen molar-refractivity contribution in [3.8, 4) is 17.7 Å². The van der Waals surface area contributed by atoms with Crippen LogP contribution in [-0.2, 0) is 5.41 Å². The number of amides is 2. The van der Waals surface area contributed by atoms with E-state index in [4.69, 9.17) is 9.26 Å². The number of imidazole rings is 1. The fourth-order valence-corrected chi connectivity index (χ4v) is 4.41. The molecule has 40 heavy (non-hydrogen) atoms. The van der Waals surface area contributed by atoms with Crippen molar-refractivity contribution in [2.45, 2.75) is 51.9 Å². The first-order valence-corrected chi connectivity index (χ1v) is 13.7. The van der Waals surface area contributed by atoms with Gasteiger partial charge in [-0.15, -0.1) is 5.10 Å². The number of carbonyl (C=O) groups is 1. The maximum Gasteiger partial charge on any atom is 0.324 e. The number of hydrogen-bond acceptors (Lipinski definition) is 7. The fourth-order valence-electron chi connectivity index (χ4n) is 4.41. The molecule has 208 valence electrons. The normalized spacial score (nSPS) is 14.0. The summed E-state index contributed by atoms with van der Waals surface area (Å²) in [6.07, 6.45) is 6.61. The van der Waals surface area contributed by atoms with Gasteiger partial charge in [0.15, 0.2) is 11.5 Å². The Morgan fingerprint density at radius 3 is 2.60 bits per heavy atom. The van der Waals surface area contributed by atoms with Crippen molar-refractivity contribution < 1.29 is 14.1 Å². The van der Waals surface area contributed by atoms with Gasteiger partial charge in [-0.2, -0.15) is 0 Å². The van der Waals surface area contributed by atoms with Crippen LogP contribution in [-0.4, -0.2) is 56.9 Å². The number of anilines is 2. The average Bonchev–Trinajstić information content (AvgIpc) is 3.58. The summed E-state index contributed by atoms with van der Waals surface area (Å²) in [6, 6.07) is 12.3. The number of nitrogens with one attached hydrogen (secondary N) is 2. The topological polar surface area (TPSA) is 110 Å². The molecule has 10 nitrogen and oxygen atoms in total. The lowest BCUT2D eigenvalue weighted by Gasteiger charge is -2.26. The molecule has 0 unspecified atom stereocenters. The van der Waals surface area contributed by atoms with Gasteiger partial charge in [0.1, 0.15) is 11.5 Å². The Morgan fingerprint density at radius 1 is 1.05 bits per heavy atom. The molecule has 0 radical (unpaired) electrons. The fraction of sp³-hybridized carbons (Fsp3) is 0.400. The predicted octanol–water partition coefficient (Wildman–Crippen LogP) is 5.31. The third kappa shape index (κ3) is 7.18. The Bertz CT molecular complexity index is 1500. The number of fused-ring (bicyclic) bond motifs is 1. The first-order valence-electron chi connectivity index (χ1n) is 13.7. The molecular weight excluding hydrogens is 506 g/mol. The molecule has 2 amide bonds. The van der Waals surface area contributed by atoms with Crippen LogP contribution in [0.2, 0.25) is 0 Å². The lowest BCUT2D eigenvalue weighted by molar-refractivity contribution is 0.202. The van der Waals surface area contributed by atoms with Gasteiger partial charge in [0.2, 0.25) is 5.88 Å². The standard InChI is InChI=1S/C30H35N7O3/c1-30(2,3)25-20-26(35-40-25)33-29(38)32-23-11-8-22(9-12-23)10-13-24-21-31-27-14-15-28(34-37(24)27)39-19-7-18-36-16-5-4-6-17-36/h8-9,11-12,14-15,20-21H,4-7,16-19H2,1-3H3,(H2,32,33,35,38). The summed E-state index contributed by atoms with van der Waals surface area (Å²) in [4.78, 5) is 19.3. The summed E-state index contributed by atoms with van der Waals surface area (Å²) in [5.74, 6) is 7.88. The van der Waals surface area contributed by atoms with Gasteiger partial charge in [-0.1, -0.05) is 38.3 Å². The quantitative estimate of drug-likeness (QED) is 0.241. The van der Waals surface area contributed by atoms with Gasteiger partial charge in [0, 0.05) is 35.3 Å². The molecule has 1 saturated heterocycles. The van der Waals surface area contributed by atoms with Gasteiger partial charge in [0.05, 0.1) is 12.8 Å². The number of nitrogens with zero attached hydrogens (tertiary/aromatic N) is 5. The molecule has 0 aliphatic carbocycles. The molecule has 0 saturated carbocycles. The summed E-state index contributed by atoms with van der Waals surface area (Å²) in [7, 11) is 0. The minimum atomic E-state index is -0.408. The van der Waals surface area contributed by atoms with E-state index in [1.165, 1.54) is 32.4 Å². The number of rotatable bonds is 7. The van der Waals surface area contributed by atoms with E-state index >= 15 is 0 Å². The molecule has 5 rings (SSSR count). The van der Waals surface area contributed by atoms with Crippen molar-refractivity contribution >= 4 is 23.2 Å². The summed E-state index contributed by atoms with van der Waals surface area (Å²) >= 11 is 0. The largest absolute Gasteiger partial charge is 0.477 e.